The van der Waals surface area contributed by atoms with Crippen LogP contribution in [0.25, 0.3) is 5.65 Å². The molecule has 0 aliphatic carbocycles. The number of imidazole rings is 1. The number of fused-ring (bicyclic) bond motifs is 1. The number of aromatic nitrogens is 2. The molecule has 0 radical (unpaired) electrons. The smallest absolute Gasteiger partial charge is 0.259 e. The molecule has 1 aromatic carbocycles. The summed E-state index contributed by atoms with van der Waals surface area (Å²) in [6.45, 7) is 1.85. The van der Waals surface area contributed by atoms with Gasteiger partial charge in [-0.05, 0) is 31.2 Å². The van der Waals surface area contributed by atoms with Gasteiger partial charge in [-0.2, -0.15) is 0 Å². The van der Waals surface area contributed by atoms with Crippen LogP contribution in [0.1, 0.15) is 16.1 Å². The van der Waals surface area contributed by atoms with Crippen molar-refractivity contribution in [3.05, 3.63) is 65.9 Å². The first-order chi connectivity index (χ1) is 9.65. The number of aryl methyl sites for hydroxylation is 1. The Balaban J connectivity index is 1.99. The number of amides is 1. The minimum absolute atomic E-state index is 0.155. The molecule has 1 amide bonds. The maximum atomic E-state index is 13.5. The highest BCUT2D eigenvalue weighted by Crippen LogP contribution is 2.16. The lowest BCUT2D eigenvalue weighted by atomic mass is 10.2. The first-order valence-electron chi connectivity index (χ1n) is 6.15. The van der Waals surface area contributed by atoms with E-state index in [0.29, 0.717) is 11.2 Å². The first kappa shape index (κ1) is 12.3. The van der Waals surface area contributed by atoms with Gasteiger partial charge in [0.05, 0.1) is 16.9 Å². The zero-order valence-corrected chi connectivity index (χ0v) is 10.8. The van der Waals surface area contributed by atoms with Crippen LogP contribution >= 0.6 is 0 Å². The Hall–Kier alpha value is -2.69. The summed E-state index contributed by atoms with van der Waals surface area (Å²) in [6.07, 6.45) is 3.64. The average Bonchev–Trinajstić information content (AvgIpc) is 2.81. The van der Waals surface area contributed by atoms with Crippen molar-refractivity contribution in [2.45, 2.75) is 6.92 Å². The fourth-order valence-electron chi connectivity index (χ4n) is 2.06. The van der Waals surface area contributed by atoms with Crippen LogP contribution in [0.2, 0.25) is 0 Å². The molecule has 20 heavy (non-hydrogen) atoms. The fourth-order valence-corrected chi connectivity index (χ4v) is 2.06. The Morgan fingerprint density at radius 3 is 2.85 bits per heavy atom. The second-order valence-corrected chi connectivity index (χ2v) is 4.47. The Kier molecular flexibility index (Phi) is 2.95. The van der Waals surface area contributed by atoms with Crippen molar-refractivity contribution in [3.8, 4) is 0 Å². The van der Waals surface area contributed by atoms with Crippen LogP contribution in [0.4, 0.5) is 10.1 Å². The number of anilines is 1. The minimum atomic E-state index is -0.465. The molecule has 3 aromatic rings. The van der Waals surface area contributed by atoms with Gasteiger partial charge >= 0.3 is 0 Å². The normalized spacial score (nSPS) is 10.7. The monoisotopic (exact) mass is 269 g/mol. The van der Waals surface area contributed by atoms with Gasteiger partial charge in [-0.3, -0.25) is 4.79 Å². The lowest BCUT2D eigenvalue weighted by molar-refractivity contribution is 0.102. The van der Waals surface area contributed by atoms with Crippen LogP contribution < -0.4 is 5.32 Å². The molecule has 100 valence electrons. The number of benzene rings is 1. The van der Waals surface area contributed by atoms with Crippen LogP contribution in [0.3, 0.4) is 0 Å². The summed E-state index contributed by atoms with van der Waals surface area (Å²) in [4.78, 5) is 16.6. The SMILES string of the molecule is Cc1cn2cccc(C(=O)Nc3ccccc3F)c2n1. The van der Waals surface area contributed by atoms with Crippen LogP contribution in [0, 0.1) is 12.7 Å². The zero-order valence-electron chi connectivity index (χ0n) is 10.8. The molecule has 0 fully saturated rings. The van der Waals surface area contributed by atoms with Gasteiger partial charge in [0.15, 0.2) is 0 Å². The van der Waals surface area contributed by atoms with Crippen molar-refractivity contribution in [1.29, 1.82) is 0 Å². The molecular weight excluding hydrogens is 257 g/mol. The zero-order chi connectivity index (χ0) is 14.1. The van der Waals surface area contributed by atoms with E-state index in [0.717, 1.165) is 5.69 Å². The van der Waals surface area contributed by atoms with Gasteiger partial charge < -0.3 is 9.72 Å². The number of carbonyl (C=O) groups excluding carboxylic acids is 1. The molecule has 2 aromatic heterocycles. The fraction of sp³-hybridized carbons (Fsp3) is 0.0667. The quantitative estimate of drug-likeness (QED) is 0.777. The van der Waals surface area contributed by atoms with E-state index in [9.17, 15) is 9.18 Å². The Labute approximate surface area is 114 Å². The summed E-state index contributed by atoms with van der Waals surface area (Å²) >= 11 is 0. The van der Waals surface area contributed by atoms with Gasteiger partial charge in [0, 0.05) is 12.4 Å². The molecule has 0 saturated carbocycles. The second kappa shape index (κ2) is 4.77. The summed E-state index contributed by atoms with van der Waals surface area (Å²) in [5.41, 5.74) is 1.93. The second-order valence-electron chi connectivity index (χ2n) is 4.47. The molecule has 0 aliphatic heterocycles. The number of hydrogen-bond acceptors (Lipinski definition) is 2. The minimum Gasteiger partial charge on any atom is -0.319 e. The maximum absolute atomic E-state index is 13.5. The van der Waals surface area contributed by atoms with Crippen LogP contribution in [-0.2, 0) is 0 Å². The lowest BCUT2D eigenvalue weighted by Gasteiger charge is -2.07. The number of carbonyl (C=O) groups is 1. The van der Waals surface area contributed by atoms with E-state index in [-0.39, 0.29) is 11.6 Å². The largest absolute Gasteiger partial charge is 0.319 e. The average molecular weight is 269 g/mol. The van der Waals surface area contributed by atoms with Gasteiger partial charge in [0.1, 0.15) is 11.5 Å². The molecule has 0 saturated heterocycles. The Morgan fingerprint density at radius 1 is 1.25 bits per heavy atom. The van der Waals surface area contributed by atoms with E-state index in [1.807, 2.05) is 19.3 Å². The number of hydrogen-bond donors (Lipinski definition) is 1. The lowest BCUT2D eigenvalue weighted by Crippen LogP contribution is -2.14. The van der Waals surface area contributed by atoms with Crippen LogP contribution in [0.15, 0.2) is 48.8 Å². The summed E-state index contributed by atoms with van der Waals surface area (Å²) in [6, 6.07) is 9.48. The van der Waals surface area contributed by atoms with E-state index in [1.54, 1.807) is 28.7 Å². The van der Waals surface area contributed by atoms with Gasteiger partial charge in [0.25, 0.3) is 5.91 Å². The van der Waals surface area contributed by atoms with E-state index in [4.69, 9.17) is 0 Å². The molecule has 1 N–H and O–H groups in total. The predicted molar refractivity (Wildman–Crippen MR) is 74.3 cm³/mol. The topological polar surface area (TPSA) is 46.4 Å². The van der Waals surface area contributed by atoms with E-state index >= 15 is 0 Å². The third kappa shape index (κ3) is 2.14. The summed E-state index contributed by atoms with van der Waals surface area (Å²) in [7, 11) is 0. The van der Waals surface area contributed by atoms with Gasteiger partial charge in [0.2, 0.25) is 0 Å². The third-order valence-electron chi connectivity index (χ3n) is 2.97. The molecule has 0 bridgehead atoms. The summed E-state index contributed by atoms with van der Waals surface area (Å²) in [5, 5.41) is 2.56. The Morgan fingerprint density at radius 2 is 2.05 bits per heavy atom. The molecule has 3 rings (SSSR count). The van der Waals surface area contributed by atoms with Crippen molar-refractivity contribution in [2.75, 3.05) is 5.32 Å². The molecule has 0 spiro atoms. The number of nitrogens with one attached hydrogen (secondary N) is 1. The predicted octanol–water partition coefficient (Wildman–Crippen LogP) is 3.03. The molecule has 0 aliphatic rings. The van der Waals surface area contributed by atoms with Crippen molar-refractivity contribution in [3.63, 3.8) is 0 Å². The van der Waals surface area contributed by atoms with Crippen molar-refractivity contribution >= 4 is 17.2 Å². The number of halogens is 1. The highest BCUT2D eigenvalue weighted by molar-refractivity contribution is 6.08. The number of nitrogens with zero attached hydrogens (tertiary/aromatic N) is 2. The molecule has 2 heterocycles. The van der Waals surface area contributed by atoms with E-state index < -0.39 is 5.82 Å². The number of para-hydroxylation sites is 1. The van der Waals surface area contributed by atoms with Crippen LogP contribution in [0.5, 0.6) is 0 Å². The first-order valence-corrected chi connectivity index (χ1v) is 6.15. The molecular formula is C15H12FN3O. The van der Waals surface area contributed by atoms with Gasteiger partial charge in [-0.25, -0.2) is 9.37 Å². The van der Waals surface area contributed by atoms with Gasteiger partial charge in [-0.15, -0.1) is 0 Å². The van der Waals surface area contributed by atoms with Crippen molar-refractivity contribution in [2.24, 2.45) is 0 Å². The Bertz CT molecular complexity index is 795. The molecule has 0 unspecified atom stereocenters. The summed E-state index contributed by atoms with van der Waals surface area (Å²) in [5.74, 6) is -0.848. The van der Waals surface area contributed by atoms with Gasteiger partial charge in [-0.1, -0.05) is 12.1 Å². The molecule has 5 heteroatoms. The van der Waals surface area contributed by atoms with Crippen molar-refractivity contribution in [1.82, 2.24) is 9.38 Å². The van der Waals surface area contributed by atoms with Crippen LogP contribution in [-0.4, -0.2) is 15.3 Å². The molecule has 0 atom stereocenters. The number of rotatable bonds is 2. The van der Waals surface area contributed by atoms with E-state index in [1.165, 1.54) is 12.1 Å². The number of pyridine rings is 1. The molecule has 4 nitrogen and oxygen atoms in total. The third-order valence-corrected chi connectivity index (χ3v) is 2.97. The highest BCUT2D eigenvalue weighted by Gasteiger charge is 2.13. The van der Waals surface area contributed by atoms with Crippen molar-refractivity contribution < 1.29 is 9.18 Å². The maximum Gasteiger partial charge on any atom is 0.259 e. The standard InChI is InChI=1S/C15H12FN3O/c1-10-9-19-8-4-5-11(14(19)17-10)15(20)18-13-7-3-2-6-12(13)16/h2-9H,1H3,(H,18,20). The summed E-state index contributed by atoms with van der Waals surface area (Å²) < 4.78 is 15.3. The highest BCUT2D eigenvalue weighted by atomic mass is 19.1. The van der Waals surface area contributed by atoms with E-state index in [2.05, 4.69) is 10.3 Å².